The number of ether oxygens (including phenoxy) is 1. The van der Waals surface area contributed by atoms with Crippen molar-refractivity contribution >= 4 is 29.1 Å². The van der Waals surface area contributed by atoms with E-state index in [0.29, 0.717) is 11.6 Å². The van der Waals surface area contributed by atoms with Crippen LogP contribution in [0.15, 0.2) is 54.7 Å². The van der Waals surface area contributed by atoms with Gasteiger partial charge in [-0.1, -0.05) is 17.7 Å². The second-order valence-electron chi connectivity index (χ2n) is 8.19. The molecule has 0 atom stereocenters. The number of aromatic nitrogens is 1. The second-order valence-corrected chi connectivity index (χ2v) is 8.60. The summed E-state index contributed by atoms with van der Waals surface area (Å²) in [6.07, 6.45) is -2.12. The number of halogens is 5. The van der Waals surface area contributed by atoms with Gasteiger partial charge in [0.2, 0.25) is 5.91 Å². The van der Waals surface area contributed by atoms with Crippen molar-refractivity contribution in [3.8, 4) is 11.5 Å². The molecule has 1 saturated carbocycles. The van der Waals surface area contributed by atoms with E-state index in [-0.39, 0.29) is 46.6 Å². The molecule has 10 heteroatoms. The lowest BCUT2D eigenvalue weighted by atomic mass is 10.0. The van der Waals surface area contributed by atoms with Gasteiger partial charge in [-0.15, -0.1) is 0 Å². The molecule has 0 aliphatic heterocycles. The van der Waals surface area contributed by atoms with Crippen LogP contribution in [0.3, 0.4) is 0 Å². The molecule has 4 rings (SSSR count). The average molecular weight is 507 g/mol. The Bertz CT molecular complexity index is 1280. The minimum atomic E-state index is -4.57. The summed E-state index contributed by atoms with van der Waals surface area (Å²) in [5, 5.41) is 2.72. The van der Waals surface area contributed by atoms with Gasteiger partial charge in [0, 0.05) is 42.1 Å². The van der Waals surface area contributed by atoms with Crippen LogP contribution in [-0.4, -0.2) is 16.7 Å². The first-order valence-electron chi connectivity index (χ1n) is 10.7. The molecule has 1 fully saturated rings. The molecular formula is C25H19ClF4N2O3. The van der Waals surface area contributed by atoms with E-state index in [9.17, 15) is 27.2 Å². The Morgan fingerprint density at radius 3 is 2.40 bits per heavy atom. The molecule has 1 aliphatic carbocycles. The maximum Gasteiger partial charge on any atom is 0.416 e. The van der Waals surface area contributed by atoms with Crippen LogP contribution < -0.4 is 10.1 Å². The number of benzene rings is 2. The van der Waals surface area contributed by atoms with Crippen LogP contribution in [-0.2, 0) is 28.6 Å². The fraction of sp³-hybridized carbons (Fsp3) is 0.240. The number of anilines is 1. The topological polar surface area (TPSA) is 68.3 Å². The van der Waals surface area contributed by atoms with Gasteiger partial charge in [-0.2, -0.15) is 13.2 Å². The van der Waals surface area contributed by atoms with E-state index < -0.39 is 23.3 Å². The van der Waals surface area contributed by atoms with E-state index >= 15 is 0 Å². The summed E-state index contributed by atoms with van der Waals surface area (Å²) in [6, 6.07) is 9.73. The number of amides is 1. The first kappa shape index (κ1) is 24.7. The smallest absolute Gasteiger partial charge is 0.416 e. The van der Waals surface area contributed by atoms with Crippen LogP contribution in [0.2, 0.25) is 5.02 Å². The lowest BCUT2D eigenvalue weighted by molar-refractivity contribution is -0.137. The SMILES string of the molecule is O=C(Cc1ccc(Oc2ccnc(NC(=O)C3CC3)c2)cc1F)Cc1cc(C(F)(F)F)ccc1Cl. The Labute approximate surface area is 203 Å². The van der Waals surface area contributed by atoms with Gasteiger partial charge < -0.3 is 10.1 Å². The number of carbonyl (C=O) groups is 2. The first-order valence-corrected chi connectivity index (χ1v) is 11.1. The number of hydrogen-bond acceptors (Lipinski definition) is 4. The quantitative estimate of drug-likeness (QED) is 0.360. The molecule has 35 heavy (non-hydrogen) atoms. The standard InChI is InChI=1S/C25H19ClF4N2O3/c26-21-6-4-17(25(28,29)30)9-16(21)11-18(33)10-15-3-5-19(12-22(15)27)35-20-7-8-31-23(13-20)32-24(34)14-1-2-14/h3-9,12-14H,1-2,10-11H2,(H,31,32,34). The number of alkyl halides is 3. The van der Waals surface area contributed by atoms with E-state index in [0.717, 1.165) is 37.1 Å². The van der Waals surface area contributed by atoms with Crippen molar-refractivity contribution in [3.63, 3.8) is 0 Å². The number of nitrogens with one attached hydrogen (secondary N) is 1. The van der Waals surface area contributed by atoms with Crippen molar-refractivity contribution in [3.05, 3.63) is 82.3 Å². The molecule has 5 nitrogen and oxygen atoms in total. The summed E-state index contributed by atoms with van der Waals surface area (Å²) < 4.78 is 59.1. The number of Topliss-reactive ketones (excluding diaryl/α,β-unsaturated/α-hetero) is 1. The minimum absolute atomic E-state index is 0.00957. The van der Waals surface area contributed by atoms with Gasteiger partial charge in [0.15, 0.2) is 0 Å². The fourth-order valence-corrected chi connectivity index (χ4v) is 3.55. The van der Waals surface area contributed by atoms with Crippen LogP contribution in [0.1, 0.15) is 29.5 Å². The third kappa shape index (κ3) is 6.57. The van der Waals surface area contributed by atoms with Gasteiger partial charge in [-0.25, -0.2) is 9.37 Å². The van der Waals surface area contributed by atoms with Crippen molar-refractivity contribution in [2.45, 2.75) is 31.9 Å². The molecule has 1 amide bonds. The van der Waals surface area contributed by atoms with Gasteiger partial charge in [0.25, 0.3) is 0 Å². The van der Waals surface area contributed by atoms with E-state index in [1.54, 1.807) is 6.07 Å². The molecule has 2 aromatic carbocycles. The molecule has 3 aromatic rings. The normalized spacial score (nSPS) is 13.4. The molecule has 1 aliphatic rings. The summed E-state index contributed by atoms with van der Waals surface area (Å²) in [6.45, 7) is 0. The van der Waals surface area contributed by atoms with E-state index in [1.807, 2.05) is 0 Å². The summed E-state index contributed by atoms with van der Waals surface area (Å²) in [5.74, 6) is -0.503. The number of hydrogen-bond donors (Lipinski definition) is 1. The first-order chi connectivity index (χ1) is 16.6. The summed E-state index contributed by atoms with van der Waals surface area (Å²) in [7, 11) is 0. The van der Waals surface area contributed by atoms with Crippen molar-refractivity contribution in [1.82, 2.24) is 4.98 Å². The molecule has 0 spiro atoms. The molecule has 0 radical (unpaired) electrons. The Morgan fingerprint density at radius 1 is 1.00 bits per heavy atom. The molecular weight excluding hydrogens is 488 g/mol. The molecule has 1 heterocycles. The number of carbonyl (C=O) groups excluding carboxylic acids is 2. The maximum absolute atomic E-state index is 14.6. The van der Waals surface area contributed by atoms with Crippen molar-refractivity contribution in [1.29, 1.82) is 0 Å². The lowest BCUT2D eigenvalue weighted by Crippen LogP contribution is -2.14. The summed E-state index contributed by atoms with van der Waals surface area (Å²) in [5.41, 5.74) is -0.824. The van der Waals surface area contributed by atoms with Gasteiger partial charge in [-0.3, -0.25) is 9.59 Å². The van der Waals surface area contributed by atoms with Gasteiger partial charge >= 0.3 is 6.18 Å². The fourth-order valence-electron chi connectivity index (χ4n) is 3.36. The Morgan fingerprint density at radius 2 is 1.71 bits per heavy atom. The monoisotopic (exact) mass is 506 g/mol. The number of nitrogens with zero attached hydrogens (tertiary/aromatic N) is 1. The average Bonchev–Trinajstić information content (AvgIpc) is 3.62. The Kier molecular flexibility index (Phi) is 7.07. The maximum atomic E-state index is 14.6. The highest BCUT2D eigenvalue weighted by molar-refractivity contribution is 6.31. The summed E-state index contributed by atoms with van der Waals surface area (Å²) in [4.78, 5) is 28.4. The molecule has 1 aromatic heterocycles. The largest absolute Gasteiger partial charge is 0.457 e. The third-order valence-corrected chi connectivity index (χ3v) is 5.71. The molecule has 182 valence electrons. The van der Waals surface area contributed by atoms with E-state index in [2.05, 4.69) is 10.3 Å². The number of rotatable bonds is 8. The highest BCUT2D eigenvalue weighted by atomic mass is 35.5. The van der Waals surface area contributed by atoms with Crippen molar-refractivity contribution in [2.75, 3.05) is 5.32 Å². The van der Waals surface area contributed by atoms with Crippen molar-refractivity contribution in [2.24, 2.45) is 5.92 Å². The lowest BCUT2D eigenvalue weighted by Gasteiger charge is -2.11. The summed E-state index contributed by atoms with van der Waals surface area (Å²) >= 11 is 5.94. The number of pyridine rings is 1. The predicted molar refractivity (Wildman–Crippen MR) is 121 cm³/mol. The third-order valence-electron chi connectivity index (χ3n) is 5.34. The van der Waals surface area contributed by atoms with Crippen LogP contribution in [0.25, 0.3) is 0 Å². The Balaban J connectivity index is 1.40. The zero-order valence-electron chi connectivity index (χ0n) is 18.2. The highest BCUT2D eigenvalue weighted by Gasteiger charge is 2.31. The zero-order valence-corrected chi connectivity index (χ0v) is 18.9. The van der Waals surface area contributed by atoms with Crippen LogP contribution >= 0.6 is 11.6 Å². The predicted octanol–water partition coefficient (Wildman–Crippen LogP) is 6.39. The minimum Gasteiger partial charge on any atom is -0.457 e. The molecule has 0 bridgehead atoms. The van der Waals surface area contributed by atoms with Crippen LogP contribution in [0.5, 0.6) is 11.5 Å². The zero-order chi connectivity index (χ0) is 25.2. The van der Waals surface area contributed by atoms with Gasteiger partial charge in [0.05, 0.1) is 5.56 Å². The van der Waals surface area contributed by atoms with Crippen LogP contribution in [0, 0.1) is 11.7 Å². The van der Waals surface area contributed by atoms with Crippen LogP contribution in [0.4, 0.5) is 23.4 Å². The Hall–Kier alpha value is -3.46. The molecule has 1 N–H and O–H groups in total. The van der Waals surface area contributed by atoms with E-state index in [4.69, 9.17) is 16.3 Å². The molecule has 0 saturated heterocycles. The van der Waals surface area contributed by atoms with Gasteiger partial charge in [0.1, 0.15) is 28.9 Å². The van der Waals surface area contributed by atoms with Crippen molar-refractivity contribution < 1.29 is 31.9 Å². The second kappa shape index (κ2) is 10.0. The van der Waals surface area contributed by atoms with Gasteiger partial charge in [-0.05, 0) is 54.3 Å². The number of ketones is 1. The van der Waals surface area contributed by atoms with E-state index in [1.165, 1.54) is 24.4 Å². The molecule has 0 unspecified atom stereocenters. The highest BCUT2D eigenvalue weighted by Crippen LogP contribution is 2.33.